The summed E-state index contributed by atoms with van der Waals surface area (Å²) in [6, 6.07) is 3.91. The highest BCUT2D eigenvalue weighted by molar-refractivity contribution is 7.92. The van der Waals surface area contributed by atoms with E-state index in [0.29, 0.717) is 6.07 Å². The number of sulfone groups is 1. The van der Waals surface area contributed by atoms with E-state index >= 15 is 4.39 Å². The molecule has 3 aliphatic heterocycles. The van der Waals surface area contributed by atoms with E-state index in [-0.39, 0.29) is 75.3 Å². The third-order valence-corrected chi connectivity index (χ3v) is 13.0. The van der Waals surface area contributed by atoms with Gasteiger partial charge in [-0.15, -0.1) is 0 Å². The number of carboxylic acid groups (broad SMARTS) is 1. The summed E-state index contributed by atoms with van der Waals surface area (Å²) in [7, 11) is -4.65. The Balaban J connectivity index is 1.47. The minimum absolute atomic E-state index is 0.0481. The number of carboxylic acids is 1. The largest absolute Gasteiger partial charge is 0.481 e. The van der Waals surface area contributed by atoms with Gasteiger partial charge in [-0.05, 0) is 80.3 Å². The van der Waals surface area contributed by atoms with E-state index in [1.165, 1.54) is 4.90 Å². The molecule has 16 heteroatoms. The van der Waals surface area contributed by atoms with Crippen LogP contribution >= 0.6 is 0 Å². The Morgan fingerprint density at radius 1 is 0.891 bits per heavy atom. The lowest BCUT2D eigenvalue weighted by atomic mass is 9.65. The smallest absolute Gasteiger partial charge is 0.435 e. The number of rotatable bonds is 5. The van der Waals surface area contributed by atoms with Crippen molar-refractivity contribution in [1.82, 2.24) is 4.90 Å². The zero-order valence-electron chi connectivity index (χ0n) is 23.9. The molecule has 7 rings (SSSR count). The maximum Gasteiger partial charge on any atom is 0.435 e. The minimum atomic E-state index is -6.39. The number of amides is 1. The molecule has 0 aromatic heterocycles. The second kappa shape index (κ2) is 10.1. The van der Waals surface area contributed by atoms with Gasteiger partial charge >= 0.3 is 24.0 Å². The summed E-state index contributed by atoms with van der Waals surface area (Å²) in [5.74, 6) is -2.42. The number of hydrogen-bond acceptors (Lipinski definition) is 5. The molecule has 2 bridgehead atoms. The van der Waals surface area contributed by atoms with Crippen LogP contribution in [0.4, 0.5) is 35.1 Å². The molecule has 46 heavy (non-hydrogen) atoms. The van der Waals surface area contributed by atoms with Crippen LogP contribution in [0.3, 0.4) is 0 Å². The van der Waals surface area contributed by atoms with Crippen molar-refractivity contribution in [1.29, 1.82) is 0 Å². The highest BCUT2D eigenvalue weighted by atomic mass is 32.2. The van der Waals surface area contributed by atoms with E-state index in [4.69, 9.17) is 4.74 Å². The number of aliphatic carboxylic acids is 1. The van der Waals surface area contributed by atoms with E-state index in [0.717, 1.165) is 30.3 Å². The van der Waals surface area contributed by atoms with Crippen molar-refractivity contribution in [3.8, 4) is 0 Å². The number of alkyl halides is 7. The van der Waals surface area contributed by atoms with Crippen LogP contribution < -0.4 is 0 Å². The van der Waals surface area contributed by atoms with Gasteiger partial charge in [0.15, 0.2) is 9.84 Å². The fourth-order valence-corrected chi connectivity index (χ4v) is 10.2. The quantitative estimate of drug-likeness (QED) is 0.319. The van der Waals surface area contributed by atoms with Gasteiger partial charge in [-0.25, -0.2) is 17.2 Å². The molecule has 0 spiro atoms. The number of likely N-dealkylation sites (tertiary alicyclic amines) is 1. The van der Waals surface area contributed by atoms with Gasteiger partial charge in [0.25, 0.3) is 5.91 Å². The molecule has 7 nitrogen and oxygen atoms in total. The minimum Gasteiger partial charge on any atom is -0.481 e. The summed E-state index contributed by atoms with van der Waals surface area (Å²) in [6.07, 6.45) is -13.2. The number of fused-ring (bicyclic) bond motifs is 6. The van der Waals surface area contributed by atoms with Crippen LogP contribution in [0.15, 0.2) is 47.4 Å². The molecule has 2 aromatic carbocycles. The molecule has 2 atom stereocenters. The van der Waals surface area contributed by atoms with Gasteiger partial charge in [0.05, 0.1) is 23.0 Å². The van der Waals surface area contributed by atoms with Crippen LogP contribution in [-0.2, 0) is 41.0 Å². The maximum atomic E-state index is 15.0. The lowest BCUT2D eigenvalue weighted by Gasteiger charge is -2.52. The molecule has 1 saturated carbocycles. The molecule has 250 valence electrons. The average Bonchev–Trinajstić information content (AvgIpc) is 3.41. The van der Waals surface area contributed by atoms with E-state index in [1.807, 2.05) is 0 Å². The zero-order valence-corrected chi connectivity index (χ0v) is 24.7. The van der Waals surface area contributed by atoms with Crippen molar-refractivity contribution in [3.63, 3.8) is 0 Å². The molecule has 1 amide bonds. The Morgan fingerprint density at radius 2 is 1.50 bits per heavy atom. The van der Waals surface area contributed by atoms with Gasteiger partial charge in [-0.2, -0.15) is 26.3 Å². The summed E-state index contributed by atoms with van der Waals surface area (Å²) in [5, 5.41) is 9.69. The van der Waals surface area contributed by atoms with Crippen LogP contribution in [0.2, 0.25) is 0 Å². The van der Waals surface area contributed by atoms with Crippen molar-refractivity contribution < 1.29 is 63.0 Å². The highest BCUT2D eigenvalue weighted by Crippen LogP contribution is 2.58. The van der Waals surface area contributed by atoms with Crippen LogP contribution in [0.5, 0.6) is 0 Å². The van der Waals surface area contributed by atoms with Crippen LogP contribution in [-0.4, -0.2) is 67.4 Å². The Morgan fingerprint density at radius 3 is 2.02 bits per heavy atom. The zero-order chi connectivity index (χ0) is 33.7. The number of carbonyl (C=O) groups is 2. The number of nitrogens with zero attached hydrogens (tertiary/aromatic N) is 1. The SMILES string of the molecule is O=C(O)C12CCC(C(=O)N3CC[C@@]4(S(=O)(=O)c5ccc(F)cc5)c5ccc(C(F)(C(F)(F)F)C(F)(F)F)cc5CC[C@@H]34)(CC1)OC2. The normalized spacial score (nSPS) is 29.7. The molecule has 4 fully saturated rings. The Labute approximate surface area is 257 Å². The molecule has 0 unspecified atom stereocenters. The van der Waals surface area contributed by atoms with Crippen LogP contribution in [0.1, 0.15) is 55.2 Å². The number of ether oxygens (including phenoxy) is 1. The number of benzene rings is 2. The van der Waals surface area contributed by atoms with Gasteiger partial charge in [0, 0.05) is 12.1 Å². The van der Waals surface area contributed by atoms with Crippen LogP contribution in [0.25, 0.3) is 0 Å². The first-order valence-electron chi connectivity index (χ1n) is 14.4. The Kier molecular flexibility index (Phi) is 7.18. The predicted octanol–water partition coefficient (Wildman–Crippen LogP) is 5.75. The fourth-order valence-electron chi connectivity index (χ4n) is 7.81. The summed E-state index contributed by atoms with van der Waals surface area (Å²) >= 11 is 0. The average molecular weight is 682 g/mol. The van der Waals surface area contributed by atoms with Crippen molar-refractivity contribution in [2.24, 2.45) is 5.41 Å². The number of hydrogen-bond donors (Lipinski definition) is 1. The van der Waals surface area contributed by atoms with Crippen molar-refractivity contribution in [2.45, 2.75) is 84.3 Å². The molecule has 3 saturated heterocycles. The maximum absolute atomic E-state index is 15.0. The number of carbonyl (C=O) groups excluding carboxylic acids is 1. The number of aryl methyl sites for hydroxylation is 1. The number of halogens is 8. The highest BCUT2D eigenvalue weighted by Gasteiger charge is 2.74. The topological polar surface area (TPSA) is 101 Å². The van der Waals surface area contributed by atoms with Gasteiger partial charge in [0.2, 0.25) is 0 Å². The summed E-state index contributed by atoms with van der Waals surface area (Å²) in [4.78, 5) is 26.9. The second-order valence-electron chi connectivity index (χ2n) is 12.5. The van der Waals surface area contributed by atoms with Gasteiger partial charge < -0.3 is 14.7 Å². The first kappa shape index (κ1) is 32.7. The van der Waals surface area contributed by atoms with Gasteiger partial charge in [-0.1, -0.05) is 18.2 Å². The molecule has 2 aliphatic carbocycles. The fraction of sp³-hybridized carbons (Fsp3) is 0.533. The summed E-state index contributed by atoms with van der Waals surface area (Å²) in [6.45, 7) is -0.431. The van der Waals surface area contributed by atoms with Gasteiger partial charge in [0.1, 0.15) is 16.2 Å². The third kappa shape index (κ3) is 4.27. The van der Waals surface area contributed by atoms with Crippen molar-refractivity contribution >= 4 is 21.7 Å². The molecule has 1 N–H and O–H groups in total. The van der Waals surface area contributed by atoms with Crippen molar-refractivity contribution in [2.75, 3.05) is 13.2 Å². The summed E-state index contributed by atoms with van der Waals surface area (Å²) in [5.41, 5.74) is -10.5. The van der Waals surface area contributed by atoms with E-state index in [2.05, 4.69) is 0 Å². The van der Waals surface area contributed by atoms with Crippen molar-refractivity contribution in [3.05, 3.63) is 65.0 Å². The van der Waals surface area contributed by atoms with Crippen LogP contribution in [0, 0.1) is 11.2 Å². The lowest BCUT2D eigenvalue weighted by Crippen LogP contribution is -2.63. The first-order chi connectivity index (χ1) is 21.3. The Hall–Kier alpha value is -3.27. The van der Waals surface area contributed by atoms with Gasteiger partial charge in [-0.3, -0.25) is 9.59 Å². The lowest BCUT2D eigenvalue weighted by molar-refractivity contribution is -0.348. The monoisotopic (exact) mass is 681 g/mol. The predicted molar refractivity (Wildman–Crippen MR) is 142 cm³/mol. The molecular weight excluding hydrogens is 654 g/mol. The molecular formula is C30H27F8NO6S. The van der Waals surface area contributed by atoms with E-state index in [9.17, 15) is 53.8 Å². The standard InChI is InChI=1S/C30H27F8NO6S/c31-19-3-5-20(6-4-19)46(43,44)27-13-14-39(23(40)26-11-9-25(10-12-26,16-45-26)24(41)42)22(27)8-1-17-15-18(2-7-21(17)27)28(32,29(33,34)35)30(36,37)38/h2-7,15,22H,1,8-14,16H2,(H,41,42)/t22-,25?,26?,27-/m1/s1. The second-order valence-corrected chi connectivity index (χ2v) is 14.8. The Bertz CT molecular complexity index is 1670. The van der Waals surface area contributed by atoms with E-state index in [1.54, 1.807) is 0 Å². The molecule has 0 radical (unpaired) electrons. The first-order valence-corrected chi connectivity index (χ1v) is 15.9. The third-order valence-electron chi connectivity index (χ3n) is 10.4. The molecule has 3 heterocycles. The summed E-state index contributed by atoms with van der Waals surface area (Å²) < 4.78 is 143. The van der Waals surface area contributed by atoms with E-state index < -0.39 is 77.8 Å². The molecule has 2 aromatic rings. The molecule has 5 aliphatic rings.